The maximum absolute atomic E-state index is 12.5. The standard InChI is InChI=1S/C16H21N3OS/c1-11-10-19(6-7-21-11)16(20)14(17)8-12-9-18-15-5-3-2-4-13(12)15/h2-5,9,11,14,18H,6-8,10,17H2,1H3. The number of carbonyl (C=O) groups excluding carboxylic acids is 1. The van der Waals surface area contributed by atoms with Crippen molar-refractivity contribution in [2.45, 2.75) is 24.6 Å². The molecule has 2 heterocycles. The first-order valence-corrected chi connectivity index (χ1v) is 8.41. The quantitative estimate of drug-likeness (QED) is 0.911. The average Bonchev–Trinajstić information content (AvgIpc) is 2.90. The van der Waals surface area contributed by atoms with Crippen molar-refractivity contribution in [2.75, 3.05) is 18.8 Å². The molecular formula is C16H21N3OS. The van der Waals surface area contributed by atoms with Crippen LogP contribution in [0.15, 0.2) is 30.5 Å². The zero-order chi connectivity index (χ0) is 14.8. The van der Waals surface area contributed by atoms with Crippen molar-refractivity contribution in [3.63, 3.8) is 0 Å². The first kappa shape index (κ1) is 14.5. The molecule has 1 aromatic carbocycles. The van der Waals surface area contributed by atoms with E-state index in [0.29, 0.717) is 11.7 Å². The van der Waals surface area contributed by atoms with Gasteiger partial charge in [0.1, 0.15) is 0 Å². The molecule has 0 spiro atoms. The van der Waals surface area contributed by atoms with E-state index in [0.717, 1.165) is 35.3 Å². The van der Waals surface area contributed by atoms with E-state index in [1.54, 1.807) is 0 Å². The fourth-order valence-electron chi connectivity index (χ4n) is 2.88. The number of amides is 1. The Hall–Kier alpha value is -1.46. The second-order valence-electron chi connectivity index (χ2n) is 5.64. The predicted octanol–water partition coefficient (Wildman–Crippen LogP) is 2.00. The third-order valence-electron chi connectivity index (χ3n) is 3.98. The lowest BCUT2D eigenvalue weighted by atomic mass is 10.0. The number of benzene rings is 1. The lowest BCUT2D eigenvalue weighted by Crippen LogP contribution is -2.49. The van der Waals surface area contributed by atoms with Gasteiger partial charge in [0, 0.05) is 41.2 Å². The molecule has 1 amide bonds. The van der Waals surface area contributed by atoms with E-state index in [4.69, 9.17) is 5.73 Å². The number of carbonyl (C=O) groups is 1. The Kier molecular flexibility index (Phi) is 4.22. The van der Waals surface area contributed by atoms with Crippen molar-refractivity contribution in [3.05, 3.63) is 36.0 Å². The summed E-state index contributed by atoms with van der Waals surface area (Å²) in [4.78, 5) is 17.6. The maximum Gasteiger partial charge on any atom is 0.239 e. The van der Waals surface area contributed by atoms with E-state index >= 15 is 0 Å². The van der Waals surface area contributed by atoms with Crippen molar-refractivity contribution in [1.82, 2.24) is 9.88 Å². The van der Waals surface area contributed by atoms with Gasteiger partial charge in [-0.3, -0.25) is 4.79 Å². The molecule has 0 aliphatic carbocycles. The Bertz CT molecular complexity index is 639. The normalized spacial score (nSPS) is 20.7. The molecule has 21 heavy (non-hydrogen) atoms. The minimum absolute atomic E-state index is 0.0763. The number of H-pyrrole nitrogens is 1. The minimum atomic E-state index is -0.459. The number of aromatic amines is 1. The van der Waals surface area contributed by atoms with Crippen LogP contribution in [-0.2, 0) is 11.2 Å². The van der Waals surface area contributed by atoms with Gasteiger partial charge in [-0.25, -0.2) is 0 Å². The fraction of sp³-hybridized carbons (Fsp3) is 0.438. The molecule has 5 heteroatoms. The highest BCUT2D eigenvalue weighted by molar-refractivity contribution is 7.99. The summed E-state index contributed by atoms with van der Waals surface area (Å²) in [7, 11) is 0. The molecule has 0 bridgehead atoms. The first-order valence-electron chi connectivity index (χ1n) is 7.36. The Morgan fingerprint density at radius 2 is 2.33 bits per heavy atom. The minimum Gasteiger partial charge on any atom is -0.361 e. The molecule has 112 valence electrons. The van der Waals surface area contributed by atoms with Gasteiger partial charge in [0.15, 0.2) is 0 Å². The average molecular weight is 303 g/mol. The molecule has 1 saturated heterocycles. The summed E-state index contributed by atoms with van der Waals surface area (Å²) in [6, 6.07) is 7.66. The van der Waals surface area contributed by atoms with Crippen LogP contribution in [0.1, 0.15) is 12.5 Å². The highest BCUT2D eigenvalue weighted by Gasteiger charge is 2.26. The van der Waals surface area contributed by atoms with Crippen molar-refractivity contribution in [1.29, 1.82) is 0 Å². The Labute approximate surface area is 129 Å². The van der Waals surface area contributed by atoms with E-state index < -0.39 is 6.04 Å². The van der Waals surface area contributed by atoms with Crippen molar-refractivity contribution < 1.29 is 4.79 Å². The number of para-hydroxylation sites is 1. The molecule has 1 fully saturated rings. The van der Waals surface area contributed by atoms with Crippen LogP contribution in [0.4, 0.5) is 0 Å². The van der Waals surface area contributed by atoms with Gasteiger partial charge in [-0.15, -0.1) is 0 Å². The van der Waals surface area contributed by atoms with Crippen molar-refractivity contribution >= 4 is 28.6 Å². The molecule has 1 aliphatic heterocycles. The molecule has 4 nitrogen and oxygen atoms in total. The Morgan fingerprint density at radius 3 is 3.14 bits per heavy atom. The Morgan fingerprint density at radius 1 is 1.52 bits per heavy atom. The second kappa shape index (κ2) is 6.12. The van der Waals surface area contributed by atoms with Crippen LogP contribution >= 0.6 is 11.8 Å². The summed E-state index contributed by atoms with van der Waals surface area (Å²) in [6.45, 7) is 3.79. The van der Waals surface area contributed by atoms with Gasteiger partial charge < -0.3 is 15.6 Å². The number of aromatic nitrogens is 1. The van der Waals surface area contributed by atoms with Gasteiger partial charge in [-0.05, 0) is 18.1 Å². The van der Waals surface area contributed by atoms with Crippen LogP contribution in [-0.4, -0.2) is 45.9 Å². The van der Waals surface area contributed by atoms with Crippen LogP contribution in [0.25, 0.3) is 10.9 Å². The van der Waals surface area contributed by atoms with Gasteiger partial charge in [0.05, 0.1) is 6.04 Å². The van der Waals surface area contributed by atoms with E-state index in [2.05, 4.69) is 18.0 Å². The number of thioether (sulfide) groups is 1. The lowest BCUT2D eigenvalue weighted by molar-refractivity contribution is -0.132. The van der Waals surface area contributed by atoms with E-state index in [-0.39, 0.29) is 5.91 Å². The summed E-state index contributed by atoms with van der Waals surface area (Å²) < 4.78 is 0. The fourth-order valence-corrected chi connectivity index (χ4v) is 3.89. The zero-order valence-corrected chi connectivity index (χ0v) is 13.0. The first-order chi connectivity index (χ1) is 10.1. The summed E-state index contributed by atoms with van der Waals surface area (Å²) in [5.41, 5.74) is 8.37. The number of hydrogen-bond donors (Lipinski definition) is 2. The summed E-state index contributed by atoms with van der Waals surface area (Å²) in [5.74, 6) is 1.08. The Balaban J connectivity index is 1.70. The smallest absolute Gasteiger partial charge is 0.239 e. The SMILES string of the molecule is CC1CN(C(=O)C(N)Cc2c[nH]c3ccccc23)CCS1. The van der Waals surface area contributed by atoms with Gasteiger partial charge >= 0.3 is 0 Å². The maximum atomic E-state index is 12.5. The summed E-state index contributed by atoms with van der Waals surface area (Å²) in [5, 5.41) is 1.66. The third kappa shape index (κ3) is 3.09. The highest BCUT2D eigenvalue weighted by atomic mass is 32.2. The second-order valence-corrected chi connectivity index (χ2v) is 7.18. The number of hydrogen-bond acceptors (Lipinski definition) is 3. The largest absolute Gasteiger partial charge is 0.361 e. The van der Waals surface area contributed by atoms with Crippen LogP contribution in [0.2, 0.25) is 0 Å². The molecule has 0 radical (unpaired) electrons. The monoisotopic (exact) mass is 303 g/mol. The zero-order valence-electron chi connectivity index (χ0n) is 12.2. The molecule has 2 aromatic rings. The number of nitrogens with zero attached hydrogens (tertiary/aromatic N) is 1. The van der Waals surface area contributed by atoms with Crippen molar-refractivity contribution in [3.8, 4) is 0 Å². The van der Waals surface area contributed by atoms with Crippen LogP contribution < -0.4 is 5.73 Å². The highest BCUT2D eigenvalue weighted by Crippen LogP contribution is 2.21. The molecule has 0 saturated carbocycles. The molecule has 3 N–H and O–H groups in total. The molecule has 1 aromatic heterocycles. The van der Waals surface area contributed by atoms with Crippen molar-refractivity contribution in [2.24, 2.45) is 5.73 Å². The van der Waals surface area contributed by atoms with E-state index in [1.807, 2.05) is 41.1 Å². The number of nitrogens with two attached hydrogens (primary N) is 1. The topological polar surface area (TPSA) is 62.1 Å². The summed E-state index contributed by atoms with van der Waals surface area (Å²) in [6.07, 6.45) is 2.55. The molecule has 2 atom stereocenters. The van der Waals surface area contributed by atoms with Crippen LogP contribution in [0.5, 0.6) is 0 Å². The number of nitrogens with one attached hydrogen (secondary N) is 1. The lowest BCUT2D eigenvalue weighted by Gasteiger charge is -2.32. The van der Waals surface area contributed by atoms with Crippen LogP contribution in [0.3, 0.4) is 0 Å². The van der Waals surface area contributed by atoms with E-state index in [9.17, 15) is 4.79 Å². The molecule has 2 unspecified atom stereocenters. The predicted molar refractivity (Wildman–Crippen MR) is 88.5 cm³/mol. The van der Waals surface area contributed by atoms with Gasteiger partial charge in [-0.1, -0.05) is 25.1 Å². The van der Waals surface area contributed by atoms with Crippen LogP contribution in [0, 0.1) is 0 Å². The molecule has 3 rings (SSSR count). The van der Waals surface area contributed by atoms with Gasteiger partial charge in [0.25, 0.3) is 0 Å². The molecule has 1 aliphatic rings. The van der Waals surface area contributed by atoms with Gasteiger partial charge in [0.2, 0.25) is 5.91 Å². The number of rotatable bonds is 3. The van der Waals surface area contributed by atoms with E-state index in [1.165, 1.54) is 0 Å². The third-order valence-corrected chi connectivity index (χ3v) is 5.12. The number of fused-ring (bicyclic) bond motifs is 1. The van der Waals surface area contributed by atoms with Gasteiger partial charge in [-0.2, -0.15) is 11.8 Å². The molecular weight excluding hydrogens is 282 g/mol. The summed E-state index contributed by atoms with van der Waals surface area (Å²) >= 11 is 1.92.